The van der Waals surface area contributed by atoms with Crippen molar-refractivity contribution in [2.24, 2.45) is 0 Å². The summed E-state index contributed by atoms with van der Waals surface area (Å²) >= 11 is 0. The van der Waals surface area contributed by atoms with Crippen molar-refractivity contribution < 1.29 is 24.0 Å². The van der Waals surface area contributed by atoms with Crippen LogP contribution >= 0.6 is 0 Å². The molecular formula is C26H28N4O5. The van der Waals surface area contributed by atoms with E-state index in [1.54, 1.807) is 34.1 Å². The van der Waals surface area contributed by atoms with Gasteiger partial charge in [-0.3, -0.25) is 9.59 Å². The van der Waals surface area contributed by atoms with E-state index < -0.39 is 6.10 Å². The van der Waals surface area contributed by atoms with Gasteiger partial charge in [0, 0.05) is 30.8 Å². The molecule has 9 heteroatoms. The van der Waals surface area contributed by atoms with Gasteiger partial charge in [-0.25, -0.2) is 0 Å². The van der Waals surface area contributed by atoms with Crippen LogP contribution in [0.3, 0.4) is 0 Å². The molecule has 2 saturated heterocycles. The van der Waals surface area contributed by atoms with Crippen molar-refractivity contribution in [2.75, 3.05) is 26.2 Å². The van der Waals surface area contributed by atoms with Gasteiger partial charge in [0.15, 0.2) is 6.61 Å². The molecule has 1 aromatic heterocycles. The molecule has 2 aromatic carbocycles. The van der Waals surface area contributed by atoms with E-state index in [0.29, 0.717) is 49.1 Å². The number of ether oxygens (including phenoxy) is 1. The van der Waals surface area contributed by atoms with Crippen molar-refractivity contribution in [3.05, 3.63) is 66.1 Å². The minimum atomic E-state index is -0.452. The first-order valence-electron chi connectivity index (χ1n) is 12.0. The number of aliphatic hydroxyl groups excluding tert-OH is 1. The topological polar surface area (TPSA) is 109 Å². The van der Waals surface area contributed by atoms with Crippen molar-refractivity contribution >= 4 is 11.8 Å². The lowest BCUT2D eigenvalue weighted by atomic mass is 10.0. The molecule has 0 aliphatic carbocycles. The highest BCUT2D eigenvalue weighted by atomic mass is 16.5. The molecule has 3 heterocycles. The average Bonchev–Trinajstić information content (AvgIpc) is 3.57. The van der Waals surface area contributed by atoms with Crippen LogP contribution in [0.15, 0.2) is 59.1 Å². The number of carbonyl (C=O) groups excluding carboxylic acids is 2. The molecule has 35 heavy (non-hydrogen) atoms. The van der Waals surface area contributed by atoms with E-state index in [1.807, 2.05) is 30.3 Å². The highest BCUT2D eigenvalue weighted by Crippen LogP contribution is 2.31. The quantitative estimate of drug-likeness (QED) is 0.582. The van der Waals surface area contributed by atoms with E-state index in [4.69, 9.17) is 9.26 Å². The van der Waals surface area contributed by atoms with Gasteiger partial charge >= 0.3 is 0 Å². The van der Waals surface area contributed by atoms with Gasteiger partial charge in [0.1, 0.15) is 11.8 Å². The van der Waals surface area contributed by atoms with E-state index in [2.05, 4.69) is 10.1 Å². The van der Waals surface area contributed by atoms with Gasteiger partial charge in [-0.05, 0) is 49.9 Å². The molecule has 2 aliphatic rings. The summed E-state index contributed by atoms with van der Waals surface area (Å²) in [5.74, 6) is 1.24. The molecule has 182 valence electrons. The van der Waals surface area contributed by atoms with Crippen molar-refractivity contribution in [1.29, 1.82) is 0 Å². The third-order valence-electron chi connectivity index (χ3n) is 6.50. The number of β-amino-alcohol motifs (C(OH)–C–C–N with tert-alkyl or cyclic N) is 1. The minimum Gasteiger partial charge on any atom is -0.484 e. The van der Waals surface area contributed by atoms with E-state index >= 15 is 0 Å². The van der Waals surface area contributed by atoms with Gasteiger partial charge in [0.25, 0.3) is 11.8 Å². The van der Waals surface area contributed by atoms with Gasteiger partial charge in [-0.2, -0.15) is 4.98 Å². The fourth-order valence-corrected chi connectivity index (χ4v) is 4.59. The maximum atomic E-state index is 12.9. The van der Waals surface area contributed by atoms with Gasteiger partial charge in [0.05, 0.1) is 6.10 Å². The van der Waals surface area contributed by atoms with Gasteiger partial charge < -0.3 is 24.2 Å². The van der Waals surface area contributed by atoms with Crippen molar-refractivity contribution in [3.8, 4) is 17.1 Å². The molecule has 2 atom stereocenters. The van der Waals surface area contributed by atoms with E-state index in [9.17, 15) is 14.7 Å². The van der Waals surface area contributed by atoms with Gasteiger partial charge in [0.2, 0.25) is 11.7 Å². The van der Waals surface area contributed by atoms with Crippen LogP contribution in [0.4, 0.5) is 0 Å². The summed E-state index contributed by atoms with van der Waals surface area (Å²) in [6.07, 6.45) is 2.78. The third-order valence-corrected chi connectivity index (χ3v) is 6.50. The molecule has 1 unspecified atom stereocenters. The average molecular weight is 477 g/mol. The first-order chi connectivity index (χ1) is 17.1. The largest absolute Gasteiger partial charge is 0.484 e. The lowest BCUT2D eigenvalue weighted by molar-refractivity contribution is -0.138. The normalized spacial score (nSPS) is 20.1. The molecule has 3 aromatic rings. The number of aliphatic hydroxyl groups is 1. The first-order valence-corrected chi connectivity index (χ1v) is 12.0. The fraction of sp³-hybridized carbons (Fsp3) is 0.385. The number of piperidine rings is 1. The minimum absolute atomic E-state index is 0.0506. The number of benzene rings is 2. The Kier molecular flexibility index (Phi) is 6.76. The van der Waals surface area contributed by atoms with E-state index in [0.717, 1.165) is 24.8 Å². The second-order valence-electron chi connectivity index (χ2n) is 8.93. The zero-order valence-electron chi connectivity index (χ0n) is 19.4. The molecule has 5 rings (SSSR count). The van der Waals surface area contributed by atoms with E-state index in [-0.39, 0.29) is 24.5 Å². The second-order valence-corrected chi connectivity index (χ2v) is 8.93. The van der Waals surface area contributed by atoms with Crippen molar-refractivity contribution in [1.82, 2.24) is 19.9 Å². The molecule has 1 N–H and O–H groups in total. The highest BCUT2D eigenvalue weighted by Gasteiger charge is 2.32. The number of amides is 2. The molecule has 0 bridgehead atoms. The van der Waals surface area contributed by atoms with E-state index in [1.165, 1.54) is 0 Å². The smallest absolute Gasteiger partial charge is 0.261 e. The molecule has 0 radical (unpaired) electrons. The molecule has 2 amide bonds. The Hall–Kier alpha value is -3.72. The molecule has 2 aliphatic heterocycles. The number of hydrogen-bond donors (Lipinski definition) is 1. The van der Waals surface area contributed by atoms with Crippen molar-refractivity contribution in [2.45, 2.75) is 37.8 Å². The second kappa shape index (κ2) is 10.3. The summed E-state index contributed by atoms with van der Waals surface area (Å²) in [4.78, 5) is 33.5. The lowest BCUT2D eigenvalue weighted by Gasteiger charge is -2.33. The monoisotopic (exact) mass is 476 g/mol. The number of hydrogen-bond acceptors (Lipinski definition) is 7. The Labute approximate surface area is 203 Å². The van der Waals surface area contributed by atoms with Crippen LogP contribution in [0.2, 0.25) is 0 Å². The number of para-hydroxylation sites is 1. The number of aromatic nitrogens is 2. The molecule has 9 nitrogen and oxygen atoms in total. The summed E-state index contributed by atoms with van der Waals surface area (Å²) in [6.45, 7) is 1.48. The zero-order valence-corrected chi connectivity index (χ0v) is 19.4. The first kappa shape index (κ1) is 23.0. The molecular weight excluding hydrogens is 448 g/mol. The number of rotatable bonds is 6. The predicted molar refractivity (Wildman–Crippen MR) is 127 cm³/mol. The fourth-order valence-electron chi connectivity index (χ4n) is 4.59. The van der Waals surface area contributed by atoms with Gasteiger partial charge in [-0.15, -0.1) is 0 Å². The molecule has 0 spiro atoms. The van der Waals surface area contributed by atoms with Crippen molar-refractivity contribution in [3.63, 3.8) is 0 Å². The number of nitrogens with zero attached hydrogens (tertiary/aromatic N) is 4. The Morgan fingerprint density at radius 1 is 1.03 bits per heavy atom. The van der Waals surface area contributed by atoms with Gasteiger partial charge in [-0.1, -0.05) is 35.5 Å². The Bertz CT molecular complexity index is 1160. The Morgan fingerprint density at radius 3 is 2.57 bits per heavy atom. The molecule has 2 fully saturated rings. The van der Waals surface area contributed by atoms with Crippen LogP contribution in [0.5, 0.6) is 5.75 Å². The number of likely N-dealkylation sites (tertiary alicyclic amines) is 2. The SMILES string of the molecule is O=C(c1ccc(-c2noc(C3CCCCN3C(=O)COc3ccccc3)n2)cc1)N1CC[C@@H](O)C1. The van der Waals surface area contributed by atoms with Crippen LogP contribution in [0, 0.1) is 0 Å². The lowest BCUT2D eigenvalue weighted by Crippen LogP contribution is -2.41. The molecule has 0 saturated carbocycles. The van der Waals surface area contributed by atoms with Crippen LogP contribution in [-0.4, -0.2) is 69.2 Å². The van der Waals surface area contributed by atoms with Crippen LogP contribution in [0.25, 0.3) is 11.4 Å². The summed E-state index contributed by atoms with van der Waals surface area (Å²) in [6, 6.07) is 16.0. The van der Waals surface area contributed by atoms with Crippen LogP contribution < -0.4 is 4.74 Å². The maximum Gasteiger partial charge on any atom is 0.261 e. The predicted octanol–water partition coefficient (Wildman–Crippen LogP) is 3.08. The Balaban J connectivity index is 1.26. The van der Waals surface area contributed by atoms with Crippen LogP contribution in [0.1, 0.15) is 48.0 Å². The van der Waals surface area contributed by atoms with Crippen LogP contribution in [-0.2, 0) is 4.79 Å². The summed E-state index contributed by atoms with van der Waals surface area (Å²) in [5.41, 5.74) is 1.27. The third kappa shape index (κ3) is 5.19. The standard InChI is InChI=1S/C26H28N4O5/c31-20-13-15-29(16-20)26(33)19-11-9-18(10-12-19)24-27-25(35-28-24)22-8-4-5-14-30(22)23(32)17-34-21-6-2-1-3-7-21/h1-3,6-7,9-12,20,22,31H,4-5,8,13-17H2/t20-,22?/m1/s1. The number of carbonyl (C=O) groups is 2. The maximum absolute atomic E-state index is 12.9. The summed E-state index contributed by atoms with van der Waals surface area (Å²) in [7, 11) is 0. The summed E-state index contributed by atoms with van der Waals surface area (Å²) < 4.78 is 11.2. The highest BCUT2D eigenvalue weighted by molar-refractivity contribution is 5.94. The zero-order chi connectivity index (χ0) is 24.2. The summed E-state index contributed by atoms with van der Waals surface area (Å²) in [5, 5.41) is 13.8. The Morgan fingerprint density at radius 2 is 1.83 bits per heavy atom.